The SMILES string of the molecule is Cc1c(O)c(=O)ccn1[C@@H](C)C(=O)O. The molecule has 1 atom stereocenters. The van der Waals surface area contributed by atoms with Gasteiger partial charge in [-0.1, -0.05) is 0 Å². The van der Waals surface area contributed by atoms with Gasteiger partial charge < -0.3 is 14.8 Å². The summed E-state index contributed by atoms with van der Waals surface area (Å²) in [5.74, 6) is -1.42. The number of hydrogen-bond donors (Lipinski definition) is 2. The van der Waals surface area contributed by atoms with Crippen molar-refractivity contribution in [3.63, 3.8) is 0 Å². The van der Waals surface area contributed by atoms with Crippen molar-refractivity contribution in [2.24, 2.45) is 0 Å². The molecule has 5 nitrogen and oxygen atoms in total. The van der Waals surface area contributed by atoms with E-state index in [-0.39, 0.29) is 5.69 Å². The van der Waals surface area contributed by atoms with E-state index in [1.165, 1.54) is 24.6 Å². The molecule has 0 unspecified atom stereocenters. The lowest BCUT2D eigenvalue weighted by Crippen LogP contribution is -2.19. The smallest absolute Gasteiger partial charge is 0.326 e. The van der Waals surface area contributed by atoms with E-state index in [0.717, 1.165) is 6.07 Å². The molecule has 0 radical (unpaired) electrons. The lowest BCUT2D eigenvalue weighted by molar-refractivity contribution is -0.140. The maximum Gasteiger partial charge on any atom is 0.326 e. The van der Waals surface area contributed by atoms with Gasteiger partial charge in [-0.3, -0.25) is 4.79 Å². The maximum absolute atomic E-state index is 11.0. The van der Waals surface area contributed by atoms with Gasteiger partial charge in [0, 0.05) is 12.3 Å². The van der Waals surface area contributed by atoms with Crippen LogP contribution in [0.4, 0.5) is 0 Å². The third kappa shape index (κ3) is 1.61. The lowest BCUT2D eigenvalue weighted by Gasteiger charge is -2.15. The van der Waals surface area contributed by atoms with Gasteiger partial charge in [0.2, 0.25) is 5.43 Å². The van der Waals surface area contributed by atoms with Crippen LogP contribution in [-0.4, -0.2) is 20.7 Å². The Hall–Kier alpha value is -1.78. The number of nitrogens with zero attached hydrogens (tertiary/aromatic N) is 1. The van der Waals surface area contributed by atoms with Gasteiger partial charge in [0.1, 0.15) is 6.04 Å². The number of rotatable bonds is 2. The first-order valence-electron chi connectivity index (χ1n) is 4.08. The standard InChI is InChI=1S/C9H11NO4/c1-5-8(12)7(11)3-4-10(5)6(2)9(13)14/h3-4,6,12H,1-2H3,(H,13,14)/t6-/m0/s1. The van der Waals surface area contributed by atoms with Crippen molar-refractivity contribution in [3.8, 4) is 5.75 Å². The zero-order valence-electron chi connectivity index (χ0n) is 7.89. The van der Waals surface area contributed by atoms with Crippen LogP contribution < -0.4 is 5.43 Å². The Morgan fingerprint density at radius 2 is 2.14 bits per heavy atom. The van der Waals surface area contributed by atoms with Crippen molar-refractivity contribution in [1.82, 2.24) is 4.57 Å². The van der Waals surface area contributed by atoms with Crippen molar-refractivity contribution >= 4 is 5.97 Å². The van der Waals surface area contributed by atoms with Gasteiger partial charge >= 0.3 is 5.97 Å². The Morgan fingerprint density at radius 1 is 1.57 bits per heavy atom. The van der Waals surface area contributed by atoms with E-state index in [4.69, 9.17) is 5.11 Å². The number of aromatic nitrogens is 1. The summed E-state index contributed by atoms with van der Waals surface area (Å²) in [5, 5.41) is 18.0. The molecule has 0 aliphatic heterocycles. The fourth-order valence-corrected chi connectivity index (χ4v) is 1.18. The average molecular weight is 197 g/mol. The fraction of sp³-hybridized carbons (Fsp3) is 0.333. The van der Waals surface area contributed by atoms with Gasteiger partial charge in [-0.2, -0.15) is 0 Å². The van der Waals surface area contributed by atoms with Gasteiger partial charge in [0.15, 0.2) is 5.75 Å². The topological polar surface area (TPSA) is 79.5 Å². The summed E-state index contributed by atoms with van der Waals surface area (Å²) in [5.41, 5.74) is -0.247. The van der Waals surface area contributed by atoms with Gasteiger partial charge in [-0.15, -0.1) is 0 Å². The Labute approximate surface area is 80.2 Å². The number of aromatic hydroxyl groups is 1. The van der Waals surface area contributed by atoms with Gasteiger partial charge in [0.25, 0.3) is 0 Å². The molecule has 1 aromatic heterocycles. The van der Waals surface area contributed by atoms with Crippen LogP contribution in [-0.2, 0) is 4.79 Å². The van der Waals surface area contributed by atoms with Crippen LogP contribution >= 0.6 is 0 Å². The summed E-state index contributed by atoms with van der Waals surface area (Å²) in [6.07, 6.45) is 1.36. The first-order valence-corrected chi connectivity index (χ1v) is 4.08. The summed E-state index contributed by atoms with van der Waals surface area (Å²) in [4.78, 5) is 21.6. The second-order valence-electron chi connectivity index (χ2n) is 3.04. The van der Waals surface area contributed by atoms with E-state index in [0.29, 0.717) is 0 Å². The predicted molar refractivity (Wildman–Crippen MR) is 49.5 cm³/mol. The summed E-state index contributed by atoms with van der Waals surface area (Å²) in [6, 6.07) is 0.336. The second-order valence-corrected chi connectivity index (χ2v) is 3.04. The minimum Gasteiger partial charge on any atom is -0.503 e. The molecular weight excluding hydrogens is 186 g/mol. The van der Waals surface area contributed by atoms with Crippen LogP contribution in [0.2, 0.25) is 0 Å². The summed E-state index contributed by atoms with van der Waals surface area (Å²) < 4.78 is 1.33. The molecule has 0 aliphatic rings. The van der Waals surface area contributed by atoms with Gasteiger partial charge in [-0.25, -0.2) is 4.79 Å². The minimum absolute atomic E-state index is 0.257. The minimum atomic E-state index is -1.02. The molecule has 1 heterocycles. The van der Waals surface area contributed by atoms with Crippen molar-refractivity contribution in [2.75, 3.05) is 0 Å². The normalized spacial score (nSPS) is 12.4. The highest BCUT2D eigenvalue weighted by atomic mass is 16.4. The van der Waals surface area contributed by atoms with Crippen LogP contribution in [0.1, 0.15) is 18.7 Å². The van der Waals surface area contributed by atoms with Gasteiger partial charge in [-0.05, 0) is 13.8 Å². The first kappa shape index (κ1) is 10.3. The zero-order valence-corrected chi connectivity index (χ0v) is 7.89. The van der Waals surface area contributed by atoms with E-state index in [1.807, 2.05) is 0 Å². The molecule has 0 aliphatic carbocycles. The van der Waals surface area contributed by atoms with Crippen molar-refractivity contribution in [2.45, 2.75) is 19.9 Å². The van der Waals surface area contributed by atoms with Crippen LogP contribution in [0.25, 0.3) is 0 Å². The Bertz CT molecular complexity index is 421. The summed E-state index contributed by atoms with van der Waals surface area (Å²) >= 11 is 0. The molecule has 76 valence electrons. The first-order chi connectivity index (χ1) is 6.45. The molecule has 0 spiro atoms. The number of carboxylic acid groups (broad SMARTS) is 1. The molecule has 2 N–H and O–H groups in total. The van der Waals surface area contributed by atoms with Gasteiger partial charge in [0.05, 0.1) is 5.69 Å². The molecule has 0 amide bonds. The number of pyridine rings is 1. The molecule has 0 bridgehead atoms. The van der Waals surface area contributed by atoms with E-state index in [9.17, 15) is 14.7 Å². The Morgan fingerprint density at radius 3 is 2.64 bits per heavy atom. The van der Waals surface area contributed by atoms with E-state index in [1.54, 1.807) is 0 Å². The highest BCUT2D eigenvalue weighted by Gasteiger charge is 2.15. The van der Waals surface area contributed by atoms with E-state index in [2.05, 4.69) is 0 Å². The van der Waals surface area contributed by atoms with Crippen LogP contribution in [0.15, 0.2) is 17.1 Å². The fourth-order valence-electron chi connectivity index (χ4n) is 1.18. The molecule has 5 heteroatoms. The monoisotopic (exact) mass is 197 g/mol. The van der Waals surface area contributed by atoms with Crippen LogP contribution in [0.5, 0.6) is 5.75 Å². The maximum atomic E-state index is 11.0. The molecule has 0 saturated heterocycles. The third-order valence-corrected chi connectivity index (χ3v) is 2.12. The number of hydrogen-bond acceptors (Lipinski definition) is 3. The lowest BCUT2D eigenvalue weighted by atomic mass is 10.2. The molecule has 1 aromatic rings. The Kier molecular flexibility index (Phi) is 2.60. The molecule has 0 saturated carbocycles. The zero-order chi connectivity index (χ0) is 10.9. The highest BCUT2D eigenvalue weighted by molar-refractivity contribution is 5.71. The quantitative estimate of drug-likeness (QED) is 0.723. The predicted octanol–water partition coefficient (Wildman–Crippen LogP) is 0.508. The van der Waals surface area contributed by atoms with Crippen LogP contribution in [0.3, 0.4) is 0 Å². The average Bonchev–Trinajstić information content (AvgIpc) is 2.13. The number of carboxylic acids is 1. The molecular formula is C9H11NO4. The number of carbonyl (C=O) groups is 1. The highest BCUT2D eigenvalue weighted by Crippen LogP contribution is 2.14. The summed E-state index contributed by atoms with van der Waals surface area (Å²) in [6.45, 7) is 2.97. The molecule has 14 heavy (non-hydrogen) atoms. The van der Waals surface area contributed by atoms with Crippen molar-refractivity contribution < 1.29 is 15.0 Å². The second kappa shape index (κ2) is 3.53. The molecule has 0 aromatic carbocycles. The van der Waals surface area contributed by atoms with Crippen LogP contribution in [0, 0.1) is 6.92 Å². The third-order valence-electron chi connectivity index (χ3n) is 2.12. The largest absolute Gasteiger partial charge is 0.503 e. The van der Waals surface area contributed by atoms with E-state index < -0.39 is 23.2 Å². The Balaban J connectivity index is 3.31. The summed E-state index contributed by atoms with van der Waals surface area (Å²) in [7, 11) is 0. The van der Waals surface area contributed by atoms with Crippen molar-refractivity contribution in [1.29, 1.82) is 0 Å². The molecule has 0 fully saturated rings. The van der Waals surface area contributed by atoms with E-state index >= 15 is 0 Å². The number of aliphatic carboxylic acids is 1. The van der Waals surface area contributed by atoms with Crippen molar-refractivity contribution in [3.05, 3.63) is 28.2 Å². The molecule has 1 rings (SSSR count).